The van der Waals surface area contributed by atoms with Crippen LogP contribution in [0.5, 0.6) is 0 Å². The van der Waals surface area contributed by atoms with Crippen molar-refractivity contribution in [3.63, 3.8) is 0 Å². The highest BCUT2D eigenvalue weighted by Crippen LogP contribution is 2.22. The van der Waals surface area contributed by atoms with Crippen molar-refractivity contribution in [1.82, 2.24) is 9.55 Å². The van der Waals surface area contributed by atoms with Crippen LogP contribution in [0.25, 0.3) is 11.3 Å². The lowest BCUT2D eigenvalue weighted by atomic mass is 10.1. The molecule has 0 aliphatic rings. The monoisotopic (exact) mass is 375 g/mol. The van der Waals surface area contributed by atoms with Crippen molar-refractivity contribution in [2.24, 2.45) is 4.99 Å². The van der Waals surface area contributed by atoms with Gasteiger partial charge in [0.05, 0.1) is 17.9 Å². The average Bonchev–Trinajstić information content (AvgIpc) is 3.07. The van der Waals surface area contributed by atoms with Gasteiger partial charge in [-0.1, -0.05) is 23.8 Å². The van der Waals surface area contributed by atoms with Crippen LogP contribution in [0.15, 0.2) is 83.4 Å². The number of halogens is 1. The van der Waals surface area contributed by atoms with Gasteiger partial charge in [0.1, 0.15) is 5.82 Å². The zero-order chi connectivity index (χ0) is 18.6. The summed E-state index contributed by atoms with van der Waals surface area (Å²) in [5, 5.41) is 2.07. The predicted octanol–water partition coefficient (Wildman–Crippen LogP) is 5.34. The van der Waals surface area contributed by atoms with Crippen LogP contribution in [0.3, 0.4) is 0 Å². The summed E-state index contributed by atoms with van der Waals surface area (Å²) < 4.78 is 15.5. The lowest BCUT2D eigenvalue weighted by Gasteiger charge is -2.09. The fraction of sp³-hybridized carbons (Fsp3) is 0.0909. The first-order chi connectivity index (χ1) is 13.2. The molecule has 5 heteroatoms. The van der Waals surface area contributed by atoms with E-state index < -0.39 is 0 Å². The summed E-state index contributed by atoms with van der Waals surface area (Å²) in [6, 6.07) is 18.7. The number of pyridine rings is 1. The predicted molar refractivity (Wildman–Crippen MR) is 107 cm³/mol. The maximum absolute atomic E-state index is 13.3. The Kier molecular flexibility index (Phi) is 4.94. The molecule has 0 atom stereocenters. The largest absolute Gasteiger partial charge is 0.312 e. The number of nitrogens with zero attached hydrogens (tertiary/aromatic N) is 3. The van der Waals surface area contributed by atoms with E-state index in [0.717, 1.165) is 27.3 Å². The number of hydrogen-bond acceptors (Lipinski definition) is 3. The maximum atomic E-state index is 13.3. The summed E-state index contributed by atoms with van der Waals surface area (Å²) >= 11 is 1.58. The quantitative estimate of drug-likeness (QED) is 0.473. The second kappa shape index (κ2) is 7.68. The highest BCUT2D eigenvalue weighted by Gasteiger charge is 2.09. The Morgan fingerprint density at radius 1 is 1.04 bits per heavy atom. The van der Waals surface area contributed by atoms with Crippen LogP contribution in [0.2, 0.25) is 0 Å². The topological polar surface area (TPSA) is 30.2 Å². The minimum absolute atomic E-state index is 0.239. The lowest BCUT2D eigenvalue weighted by Crippen LogP contribution is -2.16. The first-order valence-electron chi connectivity index (χ1n) is 8.63. The van der Waals surface area contributed by atoms with Crippen LogP contribution in [-0.4, -0.2) is 9.55 Å². The summed E-state index contributed by atoms with van der Waals surface area (Å²) in [5.74, 6) is -0.239. The molecule has 0 aliphatic heterocycles. The molecule has 4 rings (SSSR count). The summed E-state index contributed by atoms with van der Waals surface area (Å²) in [5.41, 5.74) is 5.17. The van der Waals surface area contributed by atoms with Crippen molar-refractivity contribution in [3.05, 3.63) is 100 Å². The van der Waals surface area contributed by atoms with Gasteiger partial charge in [-0.15, -0.1) is 11.3 Å². The Balaban J connectivity index is 1.83. The van der Waals surface area contributed by atoms with Crippen molar-refractivity contribution < 1.29 is 4.39 Å². The number of aryl methyl sites for hydroxylation is 1. The molecular weight excluding hydrogens is 357 g/mol. The molecule has 27 heavy (non-hydrogen) atoms. The molecule has 0 N–H and O–H groups in total. The maximum Gasteiger partial charge on any atom is 0.190 e. The molecule has 134 valence electrons. The van der Waals surface area contributed by atoms with Crippen molar-refractivity contribution >= 4 is 17.0 Å². The Morgan fingerprint density at radius 3 is 2.52 bits per heavy atom. The molecule has 0 saturated heterocycles. The van der Waals surface area contributed by atoms with Gasteiger partial charge in [-0.05, 0) is 60.5 Å². The second-order valence-electron chi connectivity index (χ2n) is 6.31. The minimum Gasteiger partial charge on any atom is -0.312 e. The molecule has 4 aromatic rings. The van der Waals surface area contributed by atoms with Gasteiger partial charge in [-0.3, -0.25) is 4.98 Å². The van der Waals surface area contributed by atoms with Crippen LogP contribution in [0, 0.1) is 12.7 Å². The third-order valence-corrected chi connectivity index (χ3v) is 5.12. The van der Waals surface area contributed by atoms with Crippen molar-refractivity contribution in [2.75, 3.05) is 0 Å². The van der Waals surface area contributed by atoms with E-state index in [1.54, 1.807) is 29.7 Å². The molecular formula is C22H18FN3S. The Labute approximate surface area is 161 Å². The fourth-order valence-corrected chi connectivity index (χ4v) is 3.76. The zero-order valence-electron chi connectivity index (χ0n) is 14.8. The highest BCUT2D eigenvalue weighted by atomic mass is 32.1. The van der Waals surface area contributed by atoms with E-state index in [1.165, 1.54) is 17.7 Å². The van der Waals surface area contributed by atoms with Gasteiger partial charge in [0, 0.05) is 17.8 Å². The molecule has 3 nitrogen and oxygen atoms in total. The van der Waals surface area contributed by atoms with Gasteiger partial charge in [0.15, 0.2) is 4.80 Å². The number of aromatic nitrogens is 2. The standard InChI is InChI=1S/C22H18FN3S/c1-16-4-10-20(11-5-16)25-22-26(14-17-3-2-12-24-13-17)21(15-27-22)18-6-8-19(23)9-7-18/h2-13,15H,14H2,1H3. The van der Waals surface area contributed by atoms with Crippen LogP contribution in [0.4, 0.5) is 10.1 Å². The SMILES string of the molecule is Cc1ccc(N=c2scc(-c3ccc(F)cc3)n2Cc2cccnc2)cc1. The third kappa shape index (κ3) is 4.04. The van der Waals surface area contributed by atoms with E-state index >= 15 is 0 Å². The van der Waals surface area contributed by atoms with Crippen LogP contribution in [0.1, 0.15) is 11.1 Å². The van der Waals surface area contributed by atoms with Crippen LogP contribution in [-0.2, 0) is 6.54 Å². The molecule has 0 saturated carbocycles. The summed E-state index contributed by atoms with van der Waals surface area (Å²) in [4.78, 5) is 9.93. The Morgan fingerprint density at radius 2 is 1.81 bits per heavy atom. The summed E-state index contributed by atoms with van der Waals surface area (Å²) in [6.07, 6.45) is 3.62. The van der Waals surface area contributed by atoms with Gasteiger partial charge in [-0.2, -0.15) is 0 Å². The molecule has 2 aromatic heterocycles. The Bertz CT molecular complexity index is 1100. The fourth-order valence-electron chi connectivity index (χ4n) is 2.83. The first kappa shape index (κ1) is 17.4. The summed E-state index contributed by atoms with van der Waals surface area (Å²) in [7, 11) is 0. The van der Waals surface area contributed by atoms with Gasteiger partial charge in [-0.25, -0.2) is 9.38 Å². The Hall–Kier alpha value is -3.05. The molecule has 2 heterocycles. The normalized spacial score (nSPS) is 11.7. The molecule has 0 bridgehead atoms. The van der Waals surface area contributed by atoms with Gasteiger partial charge in [0.25, 0.3) is 0 Å². The number of hydrogen-bond donors (Lipinski definition) is 0. The average molecular weight is 375 g/mol. The van der Waals surface area contributed by atoms with Crippen LogP contribution >= 0.6 is 11.3 Å². The van der Waals surface area contributed by atoms with Gasteiger partial charge in [0.2, 0.25) is 0 Å². The smallest absolute Gasteiger partial charge is 0.190 e. The zero-order valence-corrected chi connectivity index (χ0v) is 15.7. The number of rotatable bonds is 4. The van der Waals surface area contributed by atoms with Crippen molar-refractivity contribution in [3.8, 4) is 11.3 Å². The minimum atomic E-state index is -0.239. The molecule has 0 fully saturated rings. The molecule has 0 unspecified atom stereocenters. The van der Waals surface area contributed by atoms with Crippen LogP contribution < -0.4 is 4.80 Å². The van der Waals surface area contributed by atoms with E-state index in [-0.39, 0.29) is 5.82 Å². The van der Waals surface area contributed by atoms with Gasteiger partial charge < -0.3 is 4.57 Å². The number of benzene rings is 2. The summed E-state index contributed by atoms with van der Waals surface area (Å²) in [6.45, 7) is 2.71. The lowest BCUT2D eigenvalue weighted by molar-refractivity contribution is 0.628. The van der Waals surface area contributed by atoms with E-state index in [4.69, 9.17) is 4.99 Å². The molecule has 0 spiro atoms. The number of thiazole rings is 1. The first-order valence-corrected chi connectivity index (χ1v) is 9.51. The highest BCUT2D eigenvalue weighted by molar-refractivity contribution is 7.07. The van der Waals surface area contributed by atoms with E-state index in [1.807, 2.05) is 30.5 Å². The third-order valence-electron chi connectivity index (χ3n) is 4.26. The molecule has 0 aliphatic carbocycles. The molecule has 0 amide bonds. The van der Waals surface area contributed by atoms with Crippen molar-refractivity contribution in [2.45, 2.75) is 13.5 Å². The second-order valence-corrected chi connectivity index (χ2v) is 7.14. The van der Waals surface area contributed by atoms with Crippen molar-refractivity contribution in [1.29, 1.82) is 0 Å². The van der Waals surface area contributed by atoms with E-state index in [2.05, 4.69) is 34.0 Å². The van der Waals surface area contributed by atoms with E-state index in [0.29, 0.717) is 6.54 Å². The van der Waals surface area contributed by atoms with Gasteiger partial charge >= 0.3 is 0 Å². The molecule has 2 aromatic carbocycles. The van der Waals surface area contributed by atoms with E-state index in [9.17, 15) is 4.39 Å². The molecule has 0 radical (unpaired) electrons.